The lowest BCUT2D eigenvalue weighted by Gasteiger charge is -2.04. The van der Waals surface area contributed by atoms with E-state index in [4.69, 9.17) is 4.74 Å². The summed E-state index contributed by atoms with van der Waals surface area (Å²) in [6, 6.07) is 7.31. The molecule has 0 radical (unpaired) electrons. The Labute approximate surface area is 111 Å². The smallest absolute Gasteiger partial charge is 0.216 e. The molecule has 19 heavy (non-hydrogen) atoms. The second-order valence-corrected chi connectivity index (χ2v) is 3.62. The van der Waals surface area contributed by atoms with Gasteiger partial charge in [-0.15, -0.1) is 0 Å². The van der Waals surface area contributed by atoms with Crippen LogP contribution in [0.4, 0.5) is 11.6 Å². The largest absolute Gasteiger partial charge is 0.464 e. The Balaban J connectivity index is 1.90. The minimum atomic E-state index is 0.320. The monoisotopic (exact) mass is 257 g/mol. The molecule has 0 unspecified atom stereocenters. The van der Waals surface area contributed by atoms with Crippen LogP contribution in [-0.4, -0.2) is 35.4 Å². The van der Waals surface area contributed by atoms with Crippen molar-refractivity contribution in [2.24, 2.45) is 0 Å². The van der Waals surface area contributed by atoms with Gasteiger partial charge in [-0.1, -0.05) is 17.9 Å². The molecule has 6 heteroatoms. The fraction of sp³-hybridized carbons (Fsp3) is 0.231. The van der Waals surface area contributed by atoms with Crippen molar-refractivity contribution in [1.29, 1.82) is 0 Å². The Morgan fingerprint density at radius 3 is 3.00 bits per heavy atom. The van der Waals surface area contributed by atoms with Crippen molar-refractivity contribution in [3.63, 3.8) is 0 Å². The van der Waals surface area contributed by atoms with Crippen LogP contribution in [0, 0.1) is 11.8 Å². The van der Waals surface area contributed by atoms with E-state index in [0.29, 0.717) is 30.7 Å². The van der Waals surface area contributed by atoms with Crippen LogP contribution >= 0.6 is 0 Å². The van der Waals surface area contributed by atoms with E-state index in [2.05, 4.69) is 37.7 Å². The maximum absolute atomic E-state index is 5.43. The maximum Gasteiger partial charge on any atom is 0.216 e. The topological polar surface area (TPSA) is 74.9 Å². The molecule has 0 atom stereocenters. The van der Waals surface area contributed by atoms with Gasteiger partial charge < -0.3 is 15.4 Å². The molecule has 2 rings (SSSR count). The van der Waals surface area contributed by atoms with Crippen molar-refractivity contribution < 1.29 is 4.74 Å². The Bertz CT molecular complexity index is 556. The third-order valence-electron chi connectivity index (χ3n) is 2.16. The highest BCUT2D eigenvalue weighted by atomic mass is 16.5. The number of nitrogens with zero attached hydrogens (tertiary/aromatic N) is 2. The van der Waals surface area contributed by atoms with Crippen molar-refractivity contribution in [3.05, 3.63) is 30.5 Å². The molecular formula is C13H15N5O. The Hall–Kier alpha value is -2.52. The van der Waals surface area contributed by atoms with E-state index in [1.165, 1.54) is 0 Å². The molecule has 2 aromatic heterocycles. The minimum Gasteiger partial charge on any atom is -0.464 e. The van der Waals surface area contributed by atoms with Crippen molar-refractivity contribution >= 4 is 11.6 Å². The van der Waals surface area contributed by atoms with Crippen molar-refractivity contribution in [3.8, 4) is 17.7 Å². The molecule has 0 aliphatic heterocycles. The number of rotatable bonds is 5. The summed E-state index contributed by atoms with van der Waals surface area (Å²) in [5, 5.41) is 12.7. The van der Waals surface area contributed by atoms with Gasteiger partial charge in [-0.2, -0.15) is 10.1 Å². The van der Waals surface area contributed by atoms with E-state index in [-0.39, 0.29) is 0 Å². The zero-order valence-corrected chi connectivity index (χ0v) is 10.6. The van der Waals surface area contributed by atoms with Crippen LogP contribution < -0.4 is 15.4 Å². The van der Waals surface area contributed by atoms with Crippen molar-refractivity contribution in [1.82, 2.24) is 20.5 Å². The average Bonchev–Trinajstić information content (AvgIpc) is 2.92. The first kappa shape index (κ1) is 12.9. The number of pyridine rings is 1. The maximum atomic E-state index is 5.43. The third kappa shape index (κ3) is 4.33. The summed E-state index contributed by atoms with van der Waals surface area (Å²) in [7, 11) is 1.85. The summed E-state index contributed by atoms with van der Waals surface area (Å²) in [6.45, 7) is 0.970. The van der Waals surface area contributed by atoms with Gasteiger partial charge in [-0.05, 0) is 13.1 Å². The molecule has 0 aliphatic carbocycles. The number of aromatic amines is 1. The fourth-order valence-corrected chi connectivity index (χ4v) is 1.34. The fourth-order valence-electron chi connectivity index (χ4n) is 1.34. The zero-order chi connectivity index (χ0) is 13.3. The predicted octanol–water partition coefficient (Wildman–Crippen LogP) is 1.15. The van der Waals surface area contributed by atoms with Gasteiger partial charge in [0.2, 0.25) is 5.88 Å². The highest BCUT2D eigenvalue weighted by Gasteiger charge is 1.99. The molecule has 0 fully saturated rings. The van der Waals surface area contributed by atoms with Gasteiger partial charge in [-0.25, -0.2) is 0 Å². The van der Waals surface area contributed by atoms with Crippen LogP contribution in [0.25, 0.3) is 0 Å². The Morgan fingerprint density at radius 1 is 1.26 bits per heavy atom. The molecule has 2 heterocycles. The quantitative estimate of drug-likeness (QED) is 0.701. The van der Waals surface area contributed by atoms with E-state index in [9.17, 15) is 0 Å². The third-order valence-corrected chi connectivity index (χ3v) is 2.16. The molecular weight excluding hydrogens is 242 g/mol. The number of anilines is 2. The van der Waals surface area contributed by atoms with Crippen LogP contribution in [0.1, 0.15) is 0 Å². The molecule has 98 valence electrons. The van der Waals surface area contributed by atoms with Gasteiger partial charge in [0, 0.05) is 18.3 Å². The summed E-state index contributed by atoms with van der Waals surface area (Å²) < 4.78 is 5.43. The van der Waals surface area contributed by atoms with Gasteiger partial charge >= 0.3 is 0 Å². The highest BCUT2D eigenvalue weighted by molar-refractivity contribution is 5.51. The zero-order valence-electron chi connectivity index (χ0n) is 10.6. The van der Waals surface area contributed by atoms with Gasteiger partial charge in [0.1, 0.15) is 5.82 Å². The second kappa shape index (κ2) is 7.03. The lowest BCUT2D eigenvalue weighted by Crippen LogP contribution is -2.05. The summed E-state index contributed by atoms with van der Waals surface area (Å²) >= 11 is 0. The Kier molecular flexibility index (Phi) is 4.79. The normalized spacial score (nSPS) is 9.53. The number of ether oxygens (including phenoxy) is 1. The number of aromatic nitrogens is 3. The lowest BCUT2D eigenvalue weighted by molar-refractivity contribution is 0.356. The standard InChI is InChI=1S/C13H15N5O/c1-14-8-2-3-10-19-13-6-4-5-11(17-13)16-12-7-9-15-18-12/h4-7,9,14H,8,10H2,1H3,(H2,15,16,17,18). The molecule has 2 aromatic rings. The lowest BCUT2D eigenvalue weighted by atomic mass is 10.4. The molecule has 3 N–H and O–H groups in total. The van der Waals surface area contributed by atoms with Crippen LogP contribution in [0.5, 0.6) is 5.88 Å². The predicted molar refractivity (Wildman–Crippen MR) is 73.3 cm³/mol. The summed E-state index contributed by atoms with van der Waals surface area (Å²) in [5.41, 5.74) is 0. The van der Waals surface area contributed by atoms with Crippen LogP contribution in [0.3, 0.4) is 0 Å². The summed E-state index contributed by atoms with van der Waals surface area (Å²) in [5.74, 6) is 7.71. The summed E-state index contributed by atoms with van der Waals surface area (Å²) in [4.78, 5) is 4.29. The Morgan fingerprint density at radius 2 is 2.21 bits per heavy atom. The average molecular weight is 257 g/mol. The SMILES string of the molecule is CNCC#CCOc1cccc(Nc2cc[nH]n2)n1. The first-order valence-electron chi connectivity index (χ1n) is 5.85. The molecule has 0 aliphatic rings. The minimum absolute atomic E-state index is 0.320. The van der Waals surface area contributed by atoms with Gasteiger partial charge in [-0.3, -0.25) is 5.10 Å². The van der Waals surface area contributed by atoms with E-state index in [0.717, 1.165) is 0 Å². The van der Waals surface area contributed by atoms with E-state index >= 15 is 0 Å². The first-order chi connectivity index (χ1) is 9.38. The summed E-state index contributed by atoms with van der Waals surface area (Å²) in [6.07, 6.45) is 1.74. The van der Waals surface area contributed by atoms with E-state index < -0.39 is 0 Å². The van der Waals surface area contributed by atoms with Gasteiger partial charge in [0.25, 0.3) is 0 Å². The number of H-pyrrole nitrogens is 1. The molecule has 0 saturated carbocycles. The number of hydrogen-bond acceptors (Lipinski definition) is 5. The number of nitrogens with one attached hydrogen (secondary N) is 3. The van der Waals surface area contributed by atoms with E-state index in [1.54, 1.807) is 12.3 Å². The van der Waals surface area contributed by atoms with Crippen LogP contribution in [0.2, 0.25) is 0 Å². The molecule has 0 saturated heterocycles. The first-order valence-corrected chi connectivity index (χ1v) is 5.85. The van der Waals surface area contributed by atoms with Gasteiger partial charge in [0.05, 0.1) is 6.54 Å². The molecule has 6 nitrogen and oxygen atoms in total. The van der Waals surface area contributed by atoms with Crippen molar-refractivity contribution in [2.75, 3.05) is 25.5 Å². The van der Waals surface area contributed by atoms with E-state index in [1.807, 2.05) is 25.2 Å². The number of hydrogen-bond donors (Lipinski definition) is 3. The van der Waals surface area contributed by atoms with Crippen LogP contribution in [-0.2, 0) is 0 Å². The molecule has 0 aromatic carbocycles. The molecule has 0 amide bonds. The highest BCUT2D eigenvalue weighted by Crippen LogP contribution is 2.14. The van der Waals surface area contributed by atoms with Crippen molar-refractivity contribution in [2.45, 2.75) is 0 Å². The van der Waals surface area contributed by atoms with Gasteiger partial charge in [0.15, 0.2) is 12.4 Å². The second-order valence-electron chi connectivity index (χ2n) is 3.62. The molecule has 0 bridgehead atoms. The molecule has 0 spiro atoms. The van der Waals surface area contributed by atoms with Crippen LogP contribution in [0.15, 0.2) is 30.5 Å².